The summed E-state index contributed by atoms with van der Waals surface area (Å²) in [6, 6.07) is 8.05. The monoisotopic (exact) mass is 289 g/mol. The molecule has 0 unspecified atom stereocenters. The van der Waals surface area contributed by atoms with Crippen LogP contribution in [0.1, 0.15) is 24.1 Å². The first-order valence-corrected chi connectivity index (χ1v) is 7.17. The number of hydrogen-bond donors (Lipinski definition) is 1. The highest BCUT2D eigenvalue weighted by atomic mass is 32.1. The smallest absolute Gasteiger partial charge is 0.303 e. The van der Waals surface area contributed by atoms with Crippen LogP contribution in [-0.2, 0) is 16.0 Å². The van der Waals surface area contributed by atoms with Crippen LogP contribution in [0, 0.1) is 6.92 Å². The summed E-state index contributed by atoms with van der Waals surface area (Å²) in [7, 11) is 0. The lowest BCUT2D eigenvalue weighted by atomic mass is 10.1. The molecule has 2 aromatic rings. The number of aliphatic carboxylic acids is 1. The maximum Gasteiger partial charge on any atom is 0.303 e. The Hall–Kier alpha value is -2.01. The van der Waals surface area contributed by atoms with Crippen molar-refractivity contribution in [3.8, 4) is 10.6 Å². The van der Waals surface area contributed by atoms with Gasteiger partial charge >= 0.3 is 5.97 Å². The molecule has 0 fully saturated rings. The summed E-state index contributed by atoms with van der Waals surface area (Å²) in [5, 5.41) is 11.3. The summed E-state index contributed by atoms with van der Waals surface area (Å²) in [5.74, 6) is -1.04. The van der Waals surface area contributed by atoms with Crippen LogP contribution < -0.4 is 0 Å². The molecule has 0 radical (unpaired) electrons. The van der Waals surface area contributed by atoms with E-state index in [0.717, 1.165) is 10.6 Å². The van der Waals surface area contributed by atoms with Gasteiger partial charge in [0.05, 0.1) is 12.1 Å². The predicted molar refractivity (Wildman–Crippen MR) is 77.9 cm³/mol. The molecule has 20 heavy (non-hydrogen) atoms. The zero-order valence-corrected chi connectivity index (χ0v) is 11.9. The Bertz CT molecular complexity index is 616. The van der Waals surface area contributed by atoms with Crippen molar-refractivity contribution in [3.63, 3.8) is 0 Å². The molecule has 0 spiro atoms. The molecule has 0 saturated heterocycles. The fraction of sp³-hybridized carbons (Fsp3) is 0.267. The number of thiazole rings is 1. The fourth-order valence-electron chi connectivity index (χ4n) is 1.75. The normalized spacial score (nSPS) is 10.4. The van der Waals surface area contributed by atoms with Crippen molar-refractivity contribution >= 4 is 23.1 Å². The van der Waals surface area contributed by atoms with Crippen LogP contribution in [0.25, 0.3) is 10.6 Å². The lowest BCUT2D eigenvalue weighted by Gasteiger charge is -1.97. The first kappa shape index (κ1) is 14.4. The molecule has 5 heteroatoms. The van der Waals surface area contributed by atoms with Crippen LogP contribution in [0.4, 0.5) is 0 Å². The molecule has 104 valence electrons. The van der Waals surface area contributed by atoms with Crippen LogP contribution >= 0.6 is 11.3 Å². The molecule has 4 nitrogen and oxygen atoms in total. The number of carboxylic acids is 1. The lowest BCUT2D eigenvalue weighted by Crippen LogP contribution is -2.06. The van der Waals surface area contributed by atoms with E-state index in [1.54, 1.807) is 0 Å². The molecule has 1 heterocycles. The molecule has 1 aromatic heterocycles. The van der Waals surface area contributed by atoms with Crippen LogP contribution in [-0.4, -0.2) is 21.8 Å². The molecule has 0 aliphatic heterocycles. The van der Waals surface area contributed by atoms with Crippen molar-refractivity contribution in [1.29, 1.82) is 0 Å². The minimum atomic E-state index is -0.947. The highest BCUT2D eigenvalue weighted by molar-refractivity contribution is 7.13. The maximum atomic E-state index is 11.6. The van der Waals surface area contributed by atoms with Gasteiger partial charge in [-0.1, -0.05) is 29.8 Å². The van der Waals surface area contributed by atoms with Crippen LogP contribution in [0.2, 0.25) is 0 Å². The number of ketones is 1. The Balaban J connectivity index is 2.00. The van der Waals surface area contributed by atoms with Gasteiger partial charge in [-0.15, -0.1) is 11.3 Å². The van der Waals surface area contributed by atoms with E-state index in [4.69, 9.17) is 5.11 Å². The molecule has 0 amide bonds. The first-order valence-electron chi connectivity index (χ1n) is 6.29. The molecular weight excluding hydrogens is 274 g/mol. The average Bonchev–Trinajstić information content (AvgIpc) is 2.85. The van der Waals surface area contributed by atoms with E-state index < -0.39 is 5.97 Å². The Morgan fingerprint density at radius 1 is 1.20 bits per heavy atom. The number of Topliss-reactive ketones (excluding diaryl/α,β-unsaturated/α-hetero) is 1. The standard InChI is InChI=1S/C15H15NO3S/c1-10-2-4-11(5-3-10)15-16-12(9-20-15)8-13(17)6-7-14(18)19/h2-5,9H,6-8H2,1H3,(H,18,19). The number of aromatic nitrogens is 1. The van der Waals surface area contributed by atoms with Gasteiger partial charge in [-0.05, 0) is 6.92 Å². The second-order valence-electron chi connectivity index (χ2n) is 4.62. The summed E-state index contributed by atoms with van der Waals surface area (Å²) < 4.78 is 0. The van der Waals surface area contributed by atoms with Gasteiger partial charge in [-0.25, -0.2) is 4.98 Å². The van der Waals surface area contributed by atoms with E-state index in [-0.39, 0.29) is 25.0 Å². The van der Waals surface area contributed by atoms with Gasteiger partial charge < -0.3 is 5.11 Å². The van der Waals surface area contributed by atoms with Crippen LogP contribution in [0.5, 0.6) is 0 Å². The van der Waals surface area contributed by atoms with Crippen molar-refractivity contribution < 1.29 is 14.7 Å². The Morgan fingerprint density at radius 3 is 2.55 bits per heavy atom. The third-order valence-corrected chi connectivity index (χ3v) is 3.79. The molecule has 0 saturated carbocycles. The van der Waals surface area contributed by atoms with Gasteiger partial charge in [-0.2, -0.15) is 0 Å². The Kier molecular flexibility index (Phi) is 4.63. The van der Waals surface area contributed by atoms with E-state index >= 15 is 0 Å². The van der Waals surface area contributed by atoms with Crippen molar-refractivity contribution in [2.45, 2.75) is 26.2 Å². The number of benzene rings is 1. The SMILES string of the molecule is Cc1ccc(-c2nc(CC(=O)CCC(=O)O)cs2)cc1. The lowest BCUT2D eigenvalue weighted by molar-refractivity contribution is -0.138. The Morgan fingerprint density at radius 2 is 1.90 bits per heavy atom. The number of aryl methyl sites for hydroxylation is 1. The largest absolute Gasteiger partial charge is 0.481 e. The number of rotatable bonds is 6. The van der Waals surface area contributed by atoms with E-state index in [2.05, 4.69) is 4.98 Å². The molecule has 0 bridgehead atoms. The Labute approximate surface area is 121 Å². The zero-order chi connectivity index (χ0) is 14.5. The summed E-state index contributed by atoms with van der Waals surface area (Å²) in [6.45, 7) is 2.03. The summed E-state index contributed by atoms with van der Waals surface area (Å²) in [6.07, 6.45) is 0.149. The number of nitrogens with zero attached hydrogens (tertiary/aromatic N) is 1. The van der Waals surface area contributed by atoms with Crippen molar-refractivity contribution in [2.24, 2.45) is 0 Å². The quantitative estimate of drug-likeness (QED) is 0.887. The van der Waals surface area contributed by atoms with Crippen molar-refractivity contribution in [2.75, 3.05) is 0 Å². The van der Waals surface area contributed by atoms with Crippen LogP contribution in [0.15, 0.2) is 29.6 Å². The molecule has 1 aromatic carbocycles. The second kappa shape index (κ2) is 6.43. The van der Waals surface area contributed by atoms with Gasteiger partial charge in [0.2, 0.25) is 0 Å². The van der Waals surface area contributed by atoms with Crippen LogP contribution in [0.3, 0.4) is 0 Å². The molecule has 0 aliphatic carbocycles. The number of carbonyl (C=O) groups excluding carboxylic acids is 1. The zero-order valence-electron chi connectivity index (χ0n) is 11.1. The van der Waals surface area contributed by atoms with Gasteiger partial charge in [0.25, 0.3) is 0 Å². The number of hydrogen-bond acceptors (Lipinski definition) is 4. The van der Waals surface area contributed by atoms with E-state index in [1.165, 1.54) is 16.9 Å². The molecule has 0 atom stereocenters. The van der Waals surface area contributed by atoms with Gasteiger partial charge in [0.1, 0.15) is 10.8 Å². The van der Waals surface area contributed by atoms with Gasteiger partial charge in [-0.3, -0.25) is 9.59 Å². The molecule has 0 aliphatic rings. The highest BCUT2D eigenvalue weighted by Crippen LogP contribution is 2.24. The fourth-order valence-corrected chi connectivity index (χ4v) is 2.58. The highest BCUT2D eigenvalue weighted by Gasteiger charge is 2.10. The van der Waals surface area contributed by atoms with E-state index in [1.807, 2.05) is 36.6 Å². The summed E-state index contributed by atoms with van der Waals surface area (Å²) in [4.78, 5) is 26.4. The van der Waals surface area contributed by atoms with Crippen molar-refractivity contribution in [1.82, 2.24) is 4.98 Å². The third kappa shape index (κ3) is 3.99. The summed E-state index contributed by atoms with van der Waals surface area (Å²) in [5.41, 5.74) is 2.93. The van der Waals surface area contributed by atoms with E-state index in [9.17, 15) is 9.59 Å². The van der Waals surface area contributed by atoms with E-state index in [0.29, 0.717) is 5.69 Å². The second-order valence-corrected chi connectivity index (χ2v) is 5.48. The first-order chi connectivity index (χ1) is 9.54. The van der Waals surface area contributed by atoms with Crippen molar-refractivity contribution in [3.05, 3.63) is 40.9 Å². The number of carbonyl (C=O) groups is 2. The minimum absolute atomic E-state index is 0.0622. The minimum Gasteiger partial charge on any atom is -0.481 e. The van der Waals surface area contributed by atoms with Gasteiger partial charge in [0, 0.05) is 23.8 Å². The number of carboxylic acid groups (broad SMARTS) is 1. The topological polar surface area (TPSA) is 67.3 Å². The molecular formula is C15H15NO3S. The molecule has 1 N–H and O–H groups in total. The predicted octanol–water partition coefficient (Wildman–Crippen LogP) is 3.09. The summed E-state index contributed by atoms with van der Waals surface area (Å²) >= 11 is 1.50. The molecule has 2 rings (SSSR count). The van der Waals surface area contributed by atoms with Gasteiger partial charge in [0.15, 0.2) is 0 Å². The maximum absolute atomic E-state index is 11.6. The third-order valence-electron chi connectivity index (χ3n) is 2.85. The average molecular weight is 289 g/mol.